The van der Waals surface area contributed by atoms with Crippen molar-refractivity contribution < 1.29 is 14.0 Å². The zero-order chi connectivity index (χ0) is 16.7. The summed E-state index contributed by atoms with van der Waals surface area (Å²) in [6.45, 7) is 7.87. The van der Waals surface area contributed by atoms with Crippen LogP contribution in [0.1, 0.15) is 13.8 Å². The van der Waals surface area contributed by atoms with Gasteiger partial charge in [-0.3, -0.25) is 4.79 Å². The van der Waals surface area contributed by atoms with E-state index >= 15 is 0 Å². The molecule has 4 heteroatoms. The van der Waals surface area contributed by atoms with Crippen LogP contribution < -0.4 is 10.4 Å². The number of hydrogen-bond acceptors (Lipinski definition) is 3. The molecule has 2 rings (SSSR count). The second-order valence-electron chi connectivity index (χ2n) is 5.26. The molecule has 0 saturated heterocycles. The average Bonchev–Trinajstić information content (AvgIpc) is 2.60. The number of carbonyl (C=O) groups is 1. The first-order valence-electron chi connectivity index (χ1n) is 7.75. The molecule has 0 aromatic heterocycles. The molecule has 0 aliphatic rings. The Morgan fingerprint density at radius 2 is 1.52 bits per heavy atom. The van der Waals surface area contributed by atoms with Gasteiger partial charge in [0.2, 0.25) is 0 Å². The lowest BCUT2D eigenvalue weighted by Gasteiger charge is -2.22. The van der Waals surface area contributed by atoms with E-state index in [1.165, 1.54) is 0 Å². The van der Waals surface area contributed by atoms with E-state index in [1.807, 2.05) is 36.4 Å². The van der Waals surface area contributed by atoms with Gasteiger partial charge < -0.3 is 9.16 Å². The Bertz CT molecular complexity index is 601. The Balaban J connectivity index is 2.22. The summed E-state index contributed by atoms with van der Waals surface area (Å²) in [7, 11) is -1.93. The molecule has 3 nitrogen and oxygen atoms in total. The molecule has 0 aliphatic carbocycles. The van der Waals surface area contributed by atoms with Crippen LogP contribution in [0.4, 0.5) is 0 Å². The molecule has 1 unspecified atom stereocenters. The van der Waals surface area contributed by atoms with Gasteiger partial charge in [0.05, 0.1) is 12.4 Å². The van der Waals surface area contributed by atoms with Gasteiger partial charge in [-0.25, -0.2) is 0 Å². The maximum atomic E-state index is 11.9. The van der Waals surface area contributed by atoms with Gasteiger partial charge in [0.25, 0.3) is 9.04 Å². The quantitative estimate of drug-likeness (QED) is 0.445. The third-order valence-electron chi connectivity index (χ3n) is 3.60. The molecule has 0 saturated carbocycles. The average molecular weight is 326 g/mol. The van der Waals surface area contributed by atoms with E-state index in [2.05, 4.69) is 30.8 Å². The first kappa shape index (κ1) is 17.0. The molecule has 0 bridgehead atoms. The van der Waals surface area contributed by atoms with Gasteiger partial charge in [-0.2, -0.15) is 0 Å². The van der Waals surface area contributed by atoms with Crippen LogP contribution in [0.25, 0.3) is 0 Å². The van der Waals surface area contributed by atoms with Crippen molar-refractivity contribution in [1.82, 2.24) is 0 Å². The molecule has 0 amide bonds. The normalized spacial score (nSPS) is 11.8. The molecule has 0 spiro atoms. The van der Waals surface area contributed by atoms with E-state index in [9.17, 15) is 4.79 Å². The monoisotopic (exact) mass is 326 g/mol. The summed E-state index contributed by atoms with van der Waals surface area (Å²) in [6.07, 6.45) is 0. The maximum absolute atomic E-state index is 11.9. The molecule has 0 radical (unpaired) electrons. The molecule has 0 aliphatic heterocycles. The lowest BCUT2D eigenvalue weighted by molar-refractivity contribution is -0.146. The molecule has 1 atom stereocenters. The van der Waals surface area contributed by atoms with Crippen molar-refractivity contribution >= 4 is 25.4 Å². The highest BCUT2D eigenvalue weighted by atomic mass is 28.3. The second-order valence-corrected chi connectivity index (χ2v) is 7.59. The smallest absolute Gasteiger partial charge is 0.316 e. The lowest BCUT2D eigenvalue weighted by Crippen LogP contribution is -2.45. The van der Waals surface area contributed by atoms with Crippen LogP contribution in [0.2, 0.25) is 0 Å². The summed E-state index contributed by atoms with van der Waals surface area (Å²) >= 11 is 0. The fourth-order valence-corrected chi connectivity index (χ4v) is 4.54. The van der Waals surface area contributed by atoms with Crippen molar-refractivity contribution in [3.63, 3.8) is 0 Å². The highest BCUT2D eigenvalue weighted by molar-refractivity contribution is 6.80. The number of rotatable bonds is 7. The van der Waals surface area contributed by atoms with Gasteiger partial charge >= 0.3 is 5.97 Å². The minimum absolute atomic E-state index is 0.300. The van der Waals surface area contributed by atoms with Crippen LogP contribution in [0, 0.1) is 5.92 Å². The first-order valence-corrected chi connectivity index (χ1v) is 9.38. The van der Waals surface area contributed by atoms with Crippen molar-refractivity contribution in [2.75, 3.05) is 6.61 Å². The summed E-state index contributed by atoms with van der Waals surface area (Å²) in [5.74, 6) is -0.309. The third kappa shape index (κ3) is 4.57. The summed E-state index contributed by atoms with van der Waals surface area (Å²) in [4.78, 5) is 11.9. The molecule has 2 aromatic carbocycles. The minimum atomic E-state index is -1.93. The van der Waals surface area contributed by atoms with E-state index in [-0.39, 0.29) is 5.97 Å². The van der Waals surface area contributed by atoms with E-state index in [4.69, 9.17) is 9.16 Å². The standard InChI is InChI=1S/C19H22O3Si/c1-4-21-19(20)15(2)16(3)22-23(17-11-7-5-8-12-17)18-13-9-6-10-14-18/h5-15,23H,3-4H2,1-2H3. The summed E-state index contributed by atoms with van der Waals surface area (Å²) in [6, 6.07) is 20.2. The number of ether oxygens (including phenoxy) is 1. The molecule has 23 heavy (non-hydrogen) atoms. The summed E-state index contributed by atoms with van der Waals surface area (Å²) in [5, 5.41) is 2.30. The Labute approximate surface area is 139 Å². The van der Waals surface area contributed by atoms with Crippen molar-refractivity contribution in [1.29, 1.82) is 0 Å². The number of carbonyl (C=O) groups excluding carboxylic acids is 1. The Morgan fingerprint density at radius 3 is 1.96 bits per heavy atom. The fourth-order valence-electron chi connectivity index (χ4n) is 2.24. The predicted octanol–water partition coefficient (Wildman–Crippen LogP) is 2.25. The number of esters is 1. The third-order valence-corrected chi connectivity index (χ3v) is 6.12. The topological polar surface area (TPSA) is 35.5 Å². The zero-order valence-electron chi connectivity index (χ0n) is 13.6. The maximum Gasteiger partial charge on any atom is 0.316 e. The van der Waals surface area contributed by atoms with Gasteiger partial charge in [0.15, 0.2) is 0 Å². The molecule has 0 N–H and O–H groups in total. The molecular formula is C19H22O3Si. The van der Waals surface area contributed by atoms with Gasteiger partial charge in [0, 0.05) is 0 Å². The van der Waals surface area contributed by atoms with Crippen molar-refractivity contribution in [3.05, 3.63) is 73.0 Å². The highest BCUT2D eigenvalue weighted by Gasteiger charge is 2.25. The van der Waals surface area contributed by atoms with Crippen molar-refractivity contribution in [2.24, 2.45) is 5.92 Å². The predicted molar refractivity (Wildman–Crippen MR) is 95.3 cm³/mol. The van der Waals surface area contributed by atoms with Gasteiger partial charge in [-0.15, -0.1) is 0 Å². The van der Waals surface area contributed by atoms with E-state index in [0.29, 0.717) is 12.4 Å². The van der Waals surface area contributed by atoms with Gasteiger partial charge in [-0.05, 0) is 24.2 Å². The van der Waals surface area contributed by atoms with Crippen LogP contribution in [-0.2, 0) is 14.0 Å². The Kier molecular flexibility index (Phi) is 6.17. The van der Waals surface area contributed by atoms with Crippen molar-refractivity contribution in [2.45, 2.75) is 13.8 Å². The largest absolute Gasteiger partial charge is 0.540 e. The lowest BCUT2D eigenvalue weighted by atomic mass is 10.1. The Hall–Kier alpha value is -2.33. The molecule has 2 aromatic rings. The fraction of sp³-hybridized carbons (Fsp3) is 0.211. The van der Waals surface area contributed by atoms with Crippen molar-refractivity contribution in [3.8, 4) is 0 Å². The SMILES string of the molecule is C=C(O[SiH](c1ccccc1)c1ccccc1)C(C)C(=O)OCC. The zero-order valence-corrected chi connectivity index (χ0v) is 14.7. The number of hydrogen-bond donors (Lipinski definition) is 0. The van der Waals surface area contributed by atoms with E-state index in [1.54, 1.807) is 13.8 Å². The van der Waals surface area contributed by atoms with Crippen LogP contribution in [0.3, 0.4) is 0 Å². The molecular weight excluding hydrogens is 304 g/mol. The second kappa shape index (κ2) is 8.34. The molecule has 0 heterocycles. The van der Waals surface area contributed by atoms with E-state index < -0.39 is 15.0 Å². The molecule has 120 valence electrons. The minimum Gasteiger partial charge on any atom is -0.540 e. The highest BCUT2D eigenvalue weighted by Crippen LogP contribution is 2.13. The Morgan fingerprint density at radius 1 is 1.04 bits per heavy atom. The molecule has 0 fully saturated rings. The van der Waals surface area contributed by atoms with Crippen LogP contribution in [0.5, 0.6) is 0 Å². The van der Waals surface area contributed by atoms with Crippen LogP contribution in [-0.4, -0.2) is 21.6 Å². The van der Waals surface area contributed by atoms with Gasteiger partial charge in [0.1, 0.15) is 5.92 Å². The van der Waals surface area contributed by atoms with Crippen LogP contribution in [0.15, 0.2) is 73.0 Å². The summed E-state index contributed by atoms with van der Waals surface area (Å²) < 4.78 is 11.2. The summed E-state index contributed by atoms with van der Waals surface area (Å²) in [5.41, 5.74) is 0. The van der Waals surface area contributed by atoms with Gasteiger partial charge in [-0.1, -0.05) is 67.2 Å². The first-order chi connectivity index (χ1) is 11.1. The van der Waals surface area contributed by atoms with Crippen LogP contribution >= 0.6 is 0 Å². The van der Waals surface area contributed by atoms with E-state index in [0.717, 1.165) is 10.4 Å². The number of benzene rings is 2.